The lowest BCUT2D eigenvalue weighted by Gasteiger charge is -2.29. The van der Waals surface area contributed by atoms with Gasteiger partial charge in [-0.2, -0.15) is 10.4 Å². The largest absolute Gasteiger partial charge is 0.373 e. The zero-order valence-corrected chi connectivity index (χ0v) is 19.2. The molecule has 2 fully saturated rings. The Kier molecular flexibility index (Phi) is 5.30. The molecule has 0 spiro atoms. The van der Waals surface area contributed by atoms with E-state index < -0.39 is 11.6 Å². The van der Waals surface area contributed by atoms with Crippen molar-refractivity contribution >= 4 is 10.9 Å². The molecule has 1 aromatic carbocycles. The zero-order valence-electron chi connectivity index (χ0n) is 19.2. The number of benzene rings is 1. The summed E-state index contributed by atoms with van der Waals surface area (Å²) in [5, 5.41) is 15.2. The van der Waals surface area contributed by atoms with Crippen molar-refractivity contribution in [3.8, 4) is 17.3 Å². The molecular formula is C27H23F2N5O. The molecule has 1 saturated heterocycles. The van der Waals surface area contributed by atoms with Crippen LogP contribution >= 0.6 is 0 Å². The molecule has 1 aliphatic heterocycles. The van der Waals surface area contributed by atoms with E-state index >= 15 is 0 Å². The summed E-state index contributed by atoms with van der Waals surface area (Å²) in [6, 6.07) is 9.85. The number of aryl methyl sites for hydroxylation is 1. The maximum atomic E-state index is 14.9. The van der Waals surface area contributed by atoms with Gasteiger partial charge in [-0.05, 0) is 56.9 Å². The van der Waals surface area contributed by atoms with Gasteiger partial charge in [0.05, 0.1) is 35.2 Å². The topological polar surface area (TPSA) is 76.6 Å². The summed E-state index contributed by atoms with van der Waals surface area (Å²) in [5.74, 6) is -1.44. The van der Waals surface area contributed by atoms with Gasteiger partial charge in [0, 0.05) is 47.0 Å². The highest BCUT2D eigenvalue weighted by molar-refractivity contribution is 5.96. The molecule has 2 aliphatic rings. The number of aromatic nitrogens is 4. The SMILES string of the molecule is Cc1ccc2c(-c3ccc(F)cc3F)nc([C@H]3CCO[C@@H](c4cnn(C5CC5)c4)C3)c(C#N)c2n1. The van der Waals surface area contributed by atoms with Crippen molar-refractivity contribution in [3.63, 3.8) is 0 Å². The molecule has 8 heteroatoms. The summed E-state index contributed by atoms with van der Waals surface area (Å²) in [5.41, 5.74) is 3.77. The second kappa shape index (κ2) is 8.51. The van der Waals surface area contributed by atoms with E-state index in [1.807, 2.05) is 24.0 Å². The highest BCUT2D eigenvalue weighted by atomic mass is 19.1. The minimum Gasteiger partial charge on any atom is -0.373 e. The van der Waals surface area contributed by atoms with Crippen LogP contribution in [0.1, 0.15) is 66.3 Å². The zero-order chi connectivity index (χ0) is 24.1. The van der Waals surface area contributed by atoms with Crippen LogP contribution in [0.5, 0.6) is 0 Å². The van der Waals surface area contributed by atoms with Crippen LogP contribution in [0.3, 0.4) is 0 Å². The van der Waals surface area contributed by atoms with Crippen molar-refractivity contribution in [2.75, 3.05) is 6.61 Å². The van der Waals surface area contributed by atoms with E-state index in [-0.39, 0.29) is 17.6 Å². The Morgan fingerprint density at radius 2 is 1.97 bits per heavy atom. The van der Waals surface area contributed by atoms with Crippen LogP contribution in [0.25, 0.3) is 22.2 Å². The third-order valence-corrected chi connectivity index (χ3v) is 6.90. The van der Waals surface area contributed by atoms with Gasteiger partial charge < -0.3 is 4.74 Å². The van der Waals surface area contributed by atoms with E-state index in [1.54, 1.807) is 12.1 Å². The maximum Gasteiger partial charge on any atom is 0.135 e. The molecule has 3 aromatic heterocycles. The number of pyridine rings is 2. The molecule has 4 heterocycles. The Morgan fingerprint density at radius 3 is 2.74 bits per heavy atom. The summed E-state index contributed by atoms with van der Waals surface area (Å²) in [7, 11) is 0. The molecule has 0 unspecified atom stereocenters. The third-order valence-electron chi connectivity index (χ3n) is 6.90. The molecule has 0 amide bonds. The van der Waals surface area contributed by atoms with Crippen molar-refractivity contribution in [2.45, 2.75) is 50.7 Å². The summed E-state index contributed by atoms with van der Waals surface area (Å²) >= 11 is 0. The smallest absolute Gasteiger partial charge is 0.135 e. The number of ether oxygens (including phenoxy) is 1. The Bertz CT molecular complexity index is 1490. The van der Waals surface area contributed by atoms with E-state index in [0.717, 1.165) is 30.2 Å². The fourth-order valence-electron chi connectivity index (χ4n) is 4.92. The predicted octanol–water partition coefficient (Wildman–Crippen LogP) is 5.92. The summed E-state index contributed by atoms with van der Waals surface area (Å²) in [6.45, 7) is 2.36. The van der Waals surface area contributed by atoms with Crippen LogP contribution < -0.4 is 0 Å². The highest BCUT2D eigenvalue weighted by Gasteiger charge is 2.32. The fraction of sp³-hybridized carbons (Fsp3) is 0.333. The van der Waals surface area contributed by atoms with Crippen LogP contribution in [0, 0.1) is 29.9 Å². The average molecular weight is 472 g/mol. The van der Waals surface area contributed by atoms with Gasteiger partial charge in [0.2, 0.25) is 0 Å². The molecule has 6 rings (SSSR count). The molecule has 1 saturated carbocycles. The first-order valence-corrected chi connectivity index (χ1v) is 11.8. The van der Waals surface area contributed by atoms with Gasteiger partial charge in [-0.15, -0.1) is 0 Å². The molecule has 35 heavy (non-hydrogen) atoms. The first-order valence-electron chi connectivity index (χ1n) is 11.8. The van der Waals surface area contributed by atoms with Crippen molar-refractivity contribution < 1.29 is 13.5 Å². The summed E-state index contributed by atoms with van der Waals surface area (Å²) < 4.78 is 36.6. The molecule has 176 valence electrons. The van der Waals surface area contributed by atoms with Gasteiger partial charge in [-0.3, -0.25) is 14.6 Å². The Morgan fingerprint density at radius 1 is 1.11 bits per heavy atom. The number of hydrogen-bond donors (Lipinski definition) is 0. The number of rotatable bonds is 4. The van der Waals surface area contributed by atoms with Gasteiger partial charge >= 0.3 is 0 Å². The number of hydrogen-bond acceptors (Lipinski definition) is 5. The molecule has 0 N–H and O–H groups in total. The van der Waals surface area contributed by atoms with Crippen LogP contribution in [-0.2, 0) is 4.74 Å². The van der Waals surface area contributed by atoms with E-state index in [0.29, 0.717) is 53.3 Å². The molecule has 0 bridgehead atoms. The lowest BCUT2D eigenvalue weighted by Crippen LogP contribution is -2.20. The molecule has 1 aliphatic carbocycles. The second-order valence-electron chi connectivity index (χ2n) is 9.37. The normalized spacial score (nSPS) is 20.2. The van der Waals surface area contributed by atoms with E-state index in [2.05, 4.69) is 16.2 Å². The van der Waals surface area contributed by atoms with Crippen LogP contribution in [0.4, 0.5) is 8.78 Å². The lowest BCUT2D eigenvalue weighted by atomic mass is 9.86. The van der Waals surface area contributed by atoms with Crippen LogP contribution in [0.15, 0.2) is 42.7 Å². The molecule has 4 aromatic rings. The predicted molar refractivity (Wildman–Crippen MR) is 126 cm³/mol. The Labute approximate surface area is 201 Å². The van der Waals surface area contributed by atoms with Crippen LogP contribution in [0.2, 0.25) is 0 Å². The monoisotopic (exact) mass is 471 g/mol. The first kappa shape index (κ1) is 21.8. The van der Waals surface area contributed by atoms with Gasteiger partial charge in [0.25, 0.3) is 0 Å². The minimum absolute atomic E-state index is 0.0818. The highest BCUT2D eigenvalue weighted by Crippen LogP contribution is 2.42. The maximum absolute atomic E-state index is 14.9. The van der Waals surface area contributed by atoms with Crippen molar-refractivity contribution in [1.29, 1.82) is 5.26 Å². The van der Waals surface area contributed by atoms with Gasteiger partial charge in [-0.1, -0.05) is 0 Å². The Balaban J connectivity index is 1.47. The quantitative estimate of drug-likeness (QED) is 0.369. The molecular weight excluding hydrogens is 448 g/mol. The molecule has 0 radical (unpaired) electrons. The second-order valence-corrected chi connectivity index (χ2v) is 9.37. The van der Waals surface area contributed by atoms with Crippen molar-refractivity contribution in [1.82, 2.24) is 19.7 Å². The van der Waals surface area contributed by atoms with Crippen LogP contribution in [-0.4, -0.2) is 26.4 Å². The number of fused-ring (bicyclic) bond motifs is 1. The van der Waals surface area contributed by atoms with Crippen molar-refractivity contribution in [2.24, 2.45) is 0 Å². The summed E-state index contributed by atoms with van der Waals surface area (Å²) in [4.78, 5) is 9.49. The van der Waals surface area contributed by atoms with Gasteiger partial charge in [0.1, 0.15) is 23.3 Å². The third kappa shape index (κ3) is 3.96. The van der Waals surface area contributed by atoms with Gasteiger partial charge in [0.15, 0.2) is 0 Å². The van der Waals surface area contributed by atoms with Gasteiger partial charge in [-0.25, -0.2) is 8.78 Å². The fourth-order valence-corrected chi connectivity index (χ4v) is 4.92. The minimum atomic E-state index is -0.702. The number of nitrogens with zero attached hydrogens (tertiary/aromatic N) is 5. The lowest BCUT2D eigenvalue weighted by molar-refractivity contribution is 0.00459. The van der Waals surface area contributed by atoms with E-state index in [1.165, 1.54) is 12.1 Å². The standard InChI is InChI=1S/C27H23F2N5O/c1-15-2-6-21-26(20-7-3-18(28)11-23(20)29)33-25(22(12-30)27(21)32-15)16-8-9-35-24(10-16)17-13-31-34(14-17)19-4-5-19/h2-3,6-7,11,13-14,16,19,24H,4-5,8-10H2,1H3/t16-,24+/m0/s1. The number of nitriles is 1. The average Bonchev–Trinajstić information content (AvgIpc) is 3.59. The number of halogens is 2. The first-order chi connectivity index (χ1) is 17.0. The van der Waals surface area contributed by atoms with Crippen molar-refractivity contribution in [3.05, 3.63) is 76.9 Å². The summed E-state index contributed by atoms with van der Waals surface area (Å²) in [6.07, 6.45) is 7.34. The van der Waals surface area contributed by atoms with E-state index in [9.17, 15) is 14.0 Å². The molecule has 6 nitrogen and oxygen atoms in total. The molecule has 2 atom stereocenters. The Hall–Kier alpha value is -3.70. The van der Waals surface area contributed by atoms with E-state index in [4.69, 9.17) is 9.72 Å².